The minimum Gasteiger partial charge on any atom is -0.495 e. The summed E-state index contributed by atoms with van der Waals surface area (Å²) in [6.07, 6.45) is -0.149. The van der Waals surface area contributed by atoms with Crippen molar-refractivity contribution in [3.63, 3.8) is 0 Å². The van der Waals surface area contributed by atoms with Crippen LogP contribution >= 0.6 is 11.6 Å². The highest BCUT2D eigenvalue weighted by Crippen LogP contribution is 2.30. The number of urea groups is 1. The van der Waals surface area contributed by atoms with Gasteiger partial charge in [0.1, 0.15) is 5.75 Å². The zero-order valence-corrected chi connectivity index (χ0v) is 12.2. The summed E-state index contributed by atoms with van der Waals surface area (Å²) < 4.78 is 5.13. The molecule has 0 saturated heterocycles. The van der Waals surface area contributed by atoms with Crippen molar-refractivity contribution in [3.8, 4) is 5.75 Å². The molecule has 20 heavy (non-hydrogen) atoms. The maximum absolute atomic E-state index is 11.8. The smallest absolute Gasteiger partial charge is 0.319 e. The fourth-order valence-electron chi connectivity index (χ4n) is 1.62. The van der Waals surface area contributed by atoms with Gasteiger partial charge < -0.3 is 20.5 Å². The summed E-state index contributed by atoms with van der Waals surface area (Å²) in [5.41, 5.74) is 1.26. The van der Waals surface area contributed by atoms with Crippen LogP contribution in [0.2, 0.25) is 5.02 Å². The Morgan fingerprint density at radius 1 is 1.45 bits per heavy atom. The standard InChI is InChI=1S/C13H17ClN2O4/c1-7-4-10(11(20-3)6-9(7)14)16-13(19)15-8(2)5-12(17)18/h4,6,8H,5H2,1-3H3,(H,17,18)(H2,15,16,19). The van der Waals surface area contributed by atoms with E-state index in [9.17, 15) is 9.59 Å². The van der Waals surface area contributed by atoms with Crippen molar-refractivity contribution in [1.29, 1.82) is 0 Å². The lowest BCUT2D eigenvalue weighted by atomic mass is 10.2. The zero-order chi connectivity index (χ0) is 15.3. The first kappa shape index (κ1) is 16.1. The molecule has 0 radical (unpaired) electrons. The molecule has 2 amide bonds. The first-order chi connectivity index (χ1) is 9.33. The number of ether oxygens (including phenoxy) is 1. The van der Waals surface area contributed by atoms with Crippen LogP contribution in [0.15, 0.2) is 12.1 Å². The number of aliphatic carboxylic acids is 1. The molecule has 1 aromatic carbocycles. The summed E-state index contributed by atoms with van der Waals surface area (Å²) >= 11 is 5.97. The third-order valence-corrected chi connectivity index (χ3v) is 2.99. The van der Waals surface area contributed by atoms with Gasteiger partial charge in [0.2, 0.25) is 0 Å². The van der Waals surface area contributed by atoms with E-state index in [1.165, 1.54) is 7.11 Å². The largest absolute Gasteiger partial charge is 0.495 e. The number of carboxylic acid groups (broad SMARTS) is 1. The Balaban J connectivity index is 2.75. The second-order valence-electron chi connectivity index (χ2n) is 4.40. The molecule has 6 nitrogen and oxygen atoms in total. The van der Waals surface area contributed by atoms with Gasteiger partial charge in [-0.25, -0.2) is 4.79 Å². The van der Waals surface area contributed by atoms with Crippen LogP contribution in [0.4, 0.5) is 10.5 Å². The summed E-state index contributed by atoms with van der Waals surface area (Å²) in [7, 11) is 1.47. The van der Waals surface area contributed by atoms with Gasteiger partial charge in [-0.3, -0.25) is 4.79 Å². The predicted octanol–water partition coefficient (Wildman–Crippen LogP) is 2.64. The topological polar surface area (TPSA) is 87.7 Å². The zero-order valence-electron chi connectivity index (χ0n) is 11.5. The van der Waals surface area contributed by atoms with Gasteiger partial charge in [0.05, 0.1) is 19.2 Å². The molecule has 0 saturated carbocycles. The Kier molecular flexibility index (Phi) is 5.64. The Labute approximate surface area is 122 Å². The van der Waals surface area contributed by atoms with Gasteiger partial charge in [-0.2, -0.15) is 0 Å². The quantitative estimate of drug-likeness (QED) is 0.780. The summed E-state index contributed by atoms with van der Waals surface area (Å²) in [5, 5.41) is 14.3. The summed E-state index contributed by atoms with van der Waals surface area (Å²) in [4.78, 5) is 22.3. The summed E-state index contributed by atoms with van der Waals surface area (Å²) in [5.74, 6) is -0.542. The van der Waals surface area contributed by atoms with Crippen molar-refractivity contribution in [3.05, 3.63) is 22.7 Å². The lowest BCUT2D eigenvalue weighted by Gasteiger charge is -2.15. The number of anilines is 1. The van der Waals surface area contributed by atoms with Crippen LogP contribution in [0.1, 0.15) is 18.9 Å². The van der Waals surface area contributed by atoms with Crippen LogP contribution in [0.5, 0.6) is 5.75 Å². The number of hydrogen-bond donors (Lipinski definition) is 3. The fourth-order valence-corrected chi connectivity index (χ4v) is 1.78. The number of amides is 2. The first-order valence-electron chi connectivity index (χ1n) is 5.97. The predicted molar refractivity (Wildman–Crippen MR) is 76.6 cm³/mol. The highest BCUT2D eigenvalue weighted by Gasteiger charge is 2.13. The number of rotatable bonds is 5. The molecule has 0 aliphatic heterocycles. The van der Waals surface area contributed by atoms with Gasteiger partial charge in [0, 0.05) is 17.1 Å². The molecule has 0 bridgehead atoms. The third-order valence-electron chi connectivity index (χ3n) is 2.59. The van der Waals surface area contributed by atoms with Crippen LogP contribution in [0.25, 0.3) is 0 Å². The Bertz CT molecular complexity index is 519. The van der Waals surface area contributed by atoms with E-state index in [0.717, 1.165) is 5.56 Å². The van der Waals surface area contributed by atoms with Crippen LogP contribution < -0.4 is 15.4 Å². The van der Waals surface area contributed by atoms with Crippen molar-refractivity contribution in [2.45, 2.75) is 26.3 Å². The summed E-state index contributed by atoms with van der Waals surface area (Å²) in [6, 6.07) is 2.31. The number of hydrogen-bond acceptors (Lipinski definition) is 3. The Hall–Kier alpha value is -1.95. The average Bonchev–Trinajstić information content (AvgIpc) is 2.32. The molecule has 1 aromatic rings. The van der Waals surface area contributed by atoms with Gasteiger partial charge in [-0.1, -0.05) is 11.6 Å². The monoisotopic (exact) mass is 300 g/mol. The second kappa shape index (κ2) is 7.00. The highest BCUT2D eigenvalue weighted by atomic mass is 35.5. The molecule has 0 aliphatic carbocycles. The normalized spacial score (nSPS) is 11.6. The van der Waals surface area contributed by atoms with Crippen molar-refractivity contribution in [2.24, 2.45) is 0 Å². The molecule has 0 aromatic heterocycles. The molecule has 0 heterocycles. The average molecular weight is 301 g/mol. The number of halogens is 1. The number of nitrogens with one attached hydrogen (secondary N) is 2. The number of carbonyl (C=O) groups is 2. The van der Waals surface area contributed by atoms with E-state index in [-0.39, 0.29) is 6.42 Å². The Morgan fingerprint density at radius 3 is 2.65 bits per heavy atom. The SMILES string of the molecule is COc1cc(Cl)c(C)cc1NC(=O)NC(C)CC(=O)O. The molecular formula is C13H17ClN2O4. The number of benzene rings is 1. The van der Waals surface area contributed by atoms with Gasteiger partial charge in [0.15, 0.2) is 0 Å². The summed E-state index contributed by atoms with van der Waals surface area (Å²) in [6.45, 7) is 3.41. The van der Waals surface area contributed by atoms with Crippen LogP contribution in [0.3, 0.4) is 0 Å². The van der Waals surface area contributed by atoms with E-state index in [1.807, 2.05) is 0 Å². The molecule has 110 valence electrons. The second-order valence-corrected chi connectivity index (χ2v) is 4.81. The Morgan fingerprint density at radius 2 is 2.10 bits per heavy atom. The third kappa shape index (κ3) is 4.62. The van der Waals surface area contributed by atoms with Gasteiger partial charge >= 0.3 is 12.0 Å². The number of aryl methyl sites for hydroxylation is 1. The highest BCUT2D eigenvalue weighted by molar-refractivity contribution is 6.31. The maximum Gasteiger partial charge on any atom is 0.319 e. The minimum atomic E-state index is -0.974. The van der Waals surface area contributed by atoms with Crippen molar-refractivity contribution < 1.29 is 19.4 Å². The molecule has 0 fully saturated rings. The van der Waals surface area contributed by atoms with Gasteiger partial charge in [-0.05, 0) is 25.5 Å². The lowest BCUT2D eigenvalue weighted by Crippen LogP contribution is -2.37. The fraction of sp³-hybridized carbons (Fsp3) is 0.385. The van der Waals surface area contributed by atoms with Crippen LogP contribution in [0, 0.1) is 6.92 Å². The van der Waals surface area contributed by atoms with E-state index in [1.54, 1.807) is 26.0 Å². The molecule has 0 spiro atoms. The minimum absolute atomic E-state index is 0.149. The van der Waals surface area contributed by atoms with Crippen LogP contribution in [-0.4, -0.2) is 30.3 Å². The molecule has 1 rings (SSSR count). The van der Waals surface area contributed by atoms with E-state index in [0.29, 0.717) is 16.5 Å². The molecule has 0 aliphatic rings. The van der Waals surface area contributed by atoms with Crippen LogP contribution in [-0.2, 0) is 4.79 Å². The van der Waals surface area contributed by atoms with E-state index < -0.39 is 18.0 Å². The lowest BCUT2D eigenvalue weighted by molar-refractivity contribution is -0.137. The number of carboxylic acids is 1. The van der Waals surface area contributed by atoms with Crippen molar-refractivity contribution in [1.82, 2.24) is 5.32 Å². The maximum atomic E-state index is 11.8. The van der Waals surface area contributed by atoms with Gasteiger partial charge in [0.25, 0.3) is 0 Å². The first-order valence-corrected chi connectivity index (χ1v) is 6.34. The molecule has 1 unspecified atom stereocenters. The number of methoxy groups -OCH3 is 1. The van der Waals surface area contributed by atoms with Gasteiger partial charge in [-0.15, -0.1) is 0 Å². The van der Waals surface area contributed by atoms with Crippen molar-refractivity contribution in [2.75, 3.05) is 12.4 Å². The molecule has 3 N–H and O–H groups in total. The molecular weight excluding hydrogens is 284 g/mol. The number of carbonyl (C=O) groups excluding carboxylic acids is 1. The van der Waals surface area contributed by atoms with E-state index >= 15 is 0 Å². The van der Waals surface area contributed by atoms with Crippen molar-refractivity contribution >= 4 is 29.3 Å². The van der Waals surface area contributed by atoms with E-state index in [4.69, 9.17) is 21.4 Å². The molecule has 7 heteroatoms. The van der Waals surface area contributed by atoms with E-state index in [2.05, 4.69) is 10.6 Å². The molecule has 1 atom stereocenters.